The molecule has 1 N–H and O–H groups in total. The van der Waals surface area contributed by atoms with E-state index in [2.05, 4.69) is 53.4 Å². The van der Waals surface area contributed by atoms with E-state index < -0.39 is 0 Å². The summed E-state index contributed by atoms with van der Waals surface area (Å²) in [6.45, 7) is 8.39. The predicted octanol–water partition coefficient (Wildman–Crippen LogP) is 3.46. The predicted molar refractivity (Wildman–Crippen MR) is 79.6 cm³/mol. The van der Waals surface area contributed by atoms with Crippen LogP contribution in [-0.4, -0.2) is 17.0 Å². The van der Waals surface area contributed by atoms with Gasteiger partial charge in [0.05, 0.1) is 0 Å². The fourth-order valence-corrected chi connectivity index (χ4v) is 2.14. The van der Waals surface area contributed by atoms with Crippen molar-refractivity contribution >= 4 is 5.82 Å². The number of rotatable bonds is 3. The van der Waals surface area contributed by atoms with Crippen molar-refractivity contribution in [3.05, 3.63) is 53.0 Å². The molecule has 1 heterocycles. The van der Waals surface area contributed by atoms with E-state index >= 15 is 0 Å². The minimum atomic E-state index is -0.203. The van der Waals surface area contributed by atoms with Gasteiger partial charge in [0.15, 0.2) is 0 Å². The molecule has 3 nitrogen and oxygen atoms in total. The van der Waals surface area contributed by atoms with Gasteiger partial charge in [-0.1, -0.05) is 30.3 Å². The first-order valence-corrected chi connectivity index (χ1v) is 6.56. The van der Waals surface area contributed by atoms with Crippen molar-refractivity contribution < 1.29 is 0 Å². The maximum absolute atomic E-state index is 4.68. The Balaban J connectivity index is 2.55. The molecule has 0 saturated heterocycles. The Labute approximate surface area is 115 Å². The monoisotopic (exact) mass is 255 g/mol. The van der Waals surface area contributed by atoms with E-state index in [4.69, 9.17) is 0 Å². The standard InChI is InChI=1S/C16H21N3/c1-11-12(2)18-15(19-14(11)17-5)16(3,4)13-9-7-6-8-10-13/h6-10H,1-5H3,(H,17,18,19). The maximum atomic E-state index is 4.68. The molecule has 0 radical (unpaired) electrons. The fraction of sp³-hybridized carbons (Fsp3) is 0.375. The molecule has 0 spiro atoms. The number of anilines is 1. The summed E-state index contributed by atoms with van der Waals surface area (Å²) in [5.74, 6) is 1.76. The molecule has 1 aromatic carbocycles. The Morgan fingerprint density at radius 2 is 1.63 bits per heavy atom. The van der Waals surface area contributed by atoms with E-state index in [9.17, 15) is 0 Å². The van der Waals surface area contributed by atoms with Crippen LogP contribution in [0.3, 0.4) is 0 Å². The Morgan fingerprint density at radius 3 is 2.21 bits per heavy atom. The van der Waals surface area contributed by atoms with Crippen molar-refractivity contribution in [2.75, 3.05) is 12.4 Å². The number of benzene rings is 1. The van der Waals surface area contributed by atoms with Crippen LogP contribution in [0.15, 0.2) is 30.3 Å². The molecule has 19 heavy (non-hydrogen) atoms. The molecule has 0 amide bonds. The number of aryl methyl sites for hydroxylation is 1. The van der Waals surface area contributed by atoms with Crippen molar-refractivity contribution in [2.24, 2.45) is 0 Å². The first kappa shape index (κ1) is 13.5. The topological polar surface area (TPSA) is 37.8 Å². The minimum absolute atomic E-state index is 0.203. The fourth-order valence-electron chi connectivity index (χ4n) is 2.14. The number of hydrogen-bond donors (Lipinski definition) is 1. The smallest absolute Gasteiger partial charge is 0.140 e. The van der Waals surface area contributed by atoms with Crippen LogP contribution < -0.4 is 5.32 Å². The van der Waals surface area contributed by atoms with Gasteiger partial charge in [-0.3, -0.25) is 0 Å². The van der Waals surface area contributed by atoms with E-state index in [0.29, 0.717) is 0 Å². The SMILES string of the molecule is CNc1nc(C(C)(C)c2ccccc2)nc(C)c1C. The maximum Gasteiger partial charge on any atom is 0.140 e. The molecule has 0 aliphatic heterocycles. The van der Waals surface area contributed by atoms with E-state index in [1.54, 1.807) is 0 Å². The van der Waals surface area contributed by atoms with Crippen LogP contribution in [-0.2, 0) is 5.41 Å². The van der Waals surface area contributed by atoms with Gasteiger partial charge in [0.25, 0.3) is 0 Å². The lowest BCUT2D eigenvalue weighted by atomic mass is 9.83. The zero-order valence-corrected chi connectivity index (χ0v) is 12.3. The van der Waals surface area contributed by atoms with Crippen LogP contribution in [0, 0.1) is 13.8 Å². The van der Waals surface area contributed by atoms with E-state index in [1.807, 2.05) is 27.0 Å². The van der Waals surface area contributed by atoms with Gasteiger partial charge in [0, 0.05) is 23.7 Å². The molecular formula is C16H21N3. The molecule has 0 aliphatic carbocycles. The minimum Gasteiger partial charge on any atom is -0.373 e. The van der Waals surface area contributed by atoms with Gasteiger partial charge in [-0.15, -0.1) is 0 Å². The van der Waals surface area contributed by atoms with Crippen LogP contribution in [0.1, 0.15) is 36.5 Å². The van der Waals surface area contributed by atoms with Crippen LogP contribution in [0.5, 0.6) is 0 Å². The third kappa shape index (κ3) is 2.46. The molecule has 2 rings (SSSR count). The summed E-state index contributed by atoms with van der Waals surface area (Å²) >= 11 is 0. The van der Waals surface area contributed by atoms with Gasteiger partial charge >= 0.3 is 0 Å². The van der Waals surface area contributed by atoms with Crippen molar-refractivity contribution in [3.63, 3.8) is 0 Å². The Hall–Kier alpha value is -1.90. The Morgan fingerprint density at radius 1 is 1.00 bits per heavy atom. The van der Waals surface area contributed by atoms with Crippen LogP contribution in [0.25, 0.3) is 0 Å². The average Bonchev–Trinajstić information content (AvgIpc) is 2.42. The van der Waals surface area contributed by atoms with Gasteiger partial charge in [0.1, 0.15) is 11.6 Å². The molecule has 2 aromatic rings. The molecule has 100 valence electrons. The third-order valence-electron chi connectivity index (χ3n) is 3.68. The molecule has 0 saturated carbocycles. The lowest BCUT2D eigenvalue weighted by molar-refractivity contribution is 0.587. The summed E-state index contributed by atoms with van der Waals surface area (Å²) in [6, 6.07) is 10.4. The highest BCUT2D eigenvalue weighted by atomic mass is 15.0. The number of nitrogens with one attached hydrogen (secondary N) is 1. The zero-order chi connectivity index (χ0) is 14.0. The highest BCUT2D eigenvalue weighted by Gasteiger charge is 2.27. The Kier molecular flexibility index (Phi) is 3.56. The van der Waals surface area contributed by atoms with Gasteiger partial charge < -0.3 is 5.32 Å². The van der Waals surface area contributed by atoms with Crippen LogP contribution >= 0.6 is 0 Å². The highest BCUT2D eigenvalue weighted by Crippen LogP contribution is 2.30. The van der Waals surface area contributed by atoms with Crippen molar-refractivity contribution in [2.45, 2.75) is 33.1 Å². The summed E-state index contributed by atoms with van der Waals surface area (Å²) < 4.78 is 0. The van der Waals surface area contributed by atoms with Gasteiger partial charge in [0.2, 0.25) is 0 Å². The lowest BCUT2D eigenvalue weighted by Crippen LogP contribution is -2.23. The summed E-state index contributed by atoms with van der Waals surface area (Å²) in [6.07, 6.45) is 0. The first-order chi connectivity index (χ1) is 8.96. The third-order valence-corrected chi connectivity index (χ3v) is 3.68. The molecule has 0 unspecified atom stereocenters. The Bertz CT molecular complexity index is 574. The molecule has 0 fully saturated rings. The second-order valence-electron chi connectivity index (χ2n) is 5.35. The van der Waals surface area contributed by atoms with Crippen molar-refractivity contribution in [1.82, 2.24) is 9.97 Å². The largest absolute Gasteiger partial charge is 0.373 e. The van der Waals surface area contributed by atoms with Crippen LogP contribution in [0.2, 0.25) is 0 Å². The van der Waals surface area contributed by atoms with E-state index in [1.165, 1.54) is 5.56 Å². The molecule has 0 bridgehead atoms. The summed E-state index contributed by atoms with van der Waals surface area (Å²) in [5, 5.41) is 3.15. The second kappa shape index (κ2) is 5.00. The van der Waals surface area contributed by atoms with Crippen molar-refractivity contribution in [3.8, 4) is 0 Å². The van der Waals surface area contributed by atoms with Gasteiger partial charge in [-0.05, 0) is 33.3 Å². The molecule has 1 aromatic heterocycles. The number of nitrogens with zero attached hydrogens (tertiary/aromatic N) is 2. The lowest BCUT2D eigenvalue weighted by Gasteiger charge is -2.25. The van der Waals surface area contributed by atoms with Crippen molar-refractivity contribution in [1.29, 1.82) is 0 Å². The second-order valence-corrected chi connectivity index (χ2v) is 5.35. The number of hydrogen-bond acceptors (Lipinski definition) is 3. The zero-order valence-electron chi connectivity index (χ0n) is 12.3. The van der Waals surface area contributed by atoms with E-state index in [-0.39, 0.29) is 5.41 Å². The van der Waals surface area contributed by atoms with E-state index in [0.717, 1.165) is 22.9 Å². The quantitative estimate of drug-likeness (QED) is 0.912. The molecule has 0 atom stereocenters. The van der Waals surface area contributed by atoms with Crippen LogP contribution in [0.4, 0.5) is 5.82 Å². The number of aromatic nitrogens is 2. The summed E-state index contributed by atoms with van der Waals surface area (Å²) in [5.41, 5.74) is 3.15. The highest BCUT2D eigenvalue weighted by molar-refractivity contribution is 5.46. The molecule has 0 aliphatic rings. The normalized spacial score (nSPS) is 11.4. The average molecular weight is 255 g/mol. The first-order valence-electron chi connectivity index (χ1n) is 6.56. The molecular weight excluding hydrogens is 234 g/mol. The van der Waals surface area contributed by atoms with Gasteiger partial charge in [-0.25, -0.2) is 9.97 Å². The summed E-state index contributed by atoms with van der Waals surface area (Å²) in [4.78, 5) is 9.36. The molecule has 3 heteroatoms. The summed E-state index contributed by atoms with van der Waals surface area (Å²) in [7, 11) is 1.90. The van der Waals surface area contributed by atoms with Gasteiger partial charge in [-0.2, -0.15) is 0 Å².